The number of hydrogen-bond acceptors (Lipinski definition) is 4. The molecule has 1 fully saturated rings. The number of rotatable bonds is 3. The topological polar surface area (TPSA) is 35.5 Å². The normalized spacial score (nSPS) is 19.4. The Bertz CT molecular complexity index is 675. The zero-order chi connectivity index (χ0) is 16.0. The molecule has 3 nitrogen and oxygen atoms in total. The maximum Gasteiger partial charge on any atom is 0.505 e. The van der Waals surface area contributed by atoms with Crippen molar-refractivity contribution in [1.82, 2.24) is 0 Å². The van der Waals surface area contributed by atoms with Gasteiger partial charge in [0, 0.05) is 10.3 Å². The molecule has 0 unspecified atom stereocenters. The zero-order valence-electron chi connectivity index (χ0n) is 13.3. The molecule has 114 valence electrons. The highest BCUT2D eigenvalue weighted by molar-refractivity contribution is 7.24. The molecule has 0 radical (unpaired) electrons. The van der Waals surface area contributed by atoms with Gasteiger partial charge in [0.2, 0.25) is 5.78 Å². The van der Waals surface area contributed by atoms with Gasteiger partial charge in [-0.25, -0.2) is 0 Å². The molecule has 0 N–H and O–H groups in total. The van der Waals surface area contributed by atoms with E-state index in [0.29, 0.717) is 10.4 Å². The zero-order valence-corrected chi connectivity index (χ0v) is 14.1. The first-order chi connectivity index (χ1) is 10.3. The fourth-order valence-corrected chi connectivity index (χ4v) is 3.22. The molecule has 0 amide bonds. The summed E-state index contributed by atoms with van der Waals surface area (Å²) in [7, 11) is -0.410. The molecule has 1 aliphatic rings. The lowest BCUT2D eigenvalue weighted by Crippen LogP contribution is -2.41. The second-order valence-electron chi connectivity index (χ2n) is 6.49. The lowest BCUT2D eigenvalue weighted by molar-refractivity contribution is 0.00578. The van der Waals surface area contributed by atoms with Crippen LogP contribution in [0.15, 0.2) is 42.5 Å². The first kappa shape index (κ1) is 15.5. The van der Waals surface area contributed by atoms with Gasteiger partial charge in [0.25, 0.3) is 0 Å². The van der Waals surface area contributed by atoms with E-state index in [1.807, 2.05) is 70.2 Å². The van der Waals surface area contributed by atoms with Crippen molar-refractivity contribution in [3.05, 3.63) is 52.9 Å². The van der Waals surface area contributed by atoms with E-state index in [1.165, 1.54) is 11.3 Å². The lowest BCUT2D eigenvalue weighted by atomic mass is 9.88. The number of ketones is 1. The molecule has 22 heavy (non-hydrogen) atoms. The van der Waals surface area contributed by atoms with E-state index in [-0.39, 0.29) is 17.0 Å². The maximum absolute atomic E-state index is 12.5. The van der Waals surface area contributed by atoms with Crippen LogP contribution in [0.4, 0.5) is 0 Å². The molecule has 0 spiro atoms. The van der Waals surface area contributed by atoms with Crippen LogP contribution in [0.1, 0.15) is 42.9 Å². The standard InChI is InChI=1S/C17H19BO3S/c1-16(2)17(3,4)21-18(20-16)14-11-10-13(22-14)15(19)12-8-6-5-7-9-12/h5-11H,1-4H3. The summed E-state index contributed by atoms with van der Waals surface area (Å²) in [6.45, 7) is 8.10. The SMILES string of the molecule is CC1(C)OB(c2ccc(C(=O)c3ccccc3)s2)OC1(C)C. The number of carbonyl (C=O) groups excluding carboxylic acids is 1. The van der Waals surface area contributed by atoms with Crippen LogP contribution in [0, 0.1) is 0 Å². The fraction of sp³-hybridized carbons (Fsp3) is 0.353. The van der Waals surface area contributed by atoms with Crippen LogP contribution < -0.4 is 4.78 Å². The molecule has 0 aliphatic carbocycles. The highest BCUT2D eigenvalue weighted by Gasteiger charge is 2.52. The third kappa shape index (κ3) is 2.64. The summed E-state index contributed by atoms with van der Waals surface area (Å²) < 4.78 is 13.0. The highest BCUT2D eigenvalue weighted by Crippen LogP contribution is 2.37. The number of hydrogen-bond donors (Lipinski definition) is 0. The minimum absolute atomic E-state index is 0.0355. The van der Waals surface area contributed by atoms with Gasteiger partial charge in [0.15, 0.2) is 0 Å². The Morgan fingerprint density at radius 1 is 0.955 bits per heavy atom. The third-order valence-corrected chi connectivity index (χ3v) is 5.48. The molecule has 1 aromatic heterocycles. The van der Waals surface area contributed by atoms with Crippen LogP contribution in [0.2, 0.25) is 0 Å². The van der Waals surface area contributed by atoms with Crippen molar-refractivity contribution < 1.29 is 14.1 Å². The van der Waals surface area contributed by atoms with Crippen LogP contribution in [-0.2, 0) is 9.31 Å². The first-order valence-electron chi connectivity index (χ1n) is 7.35. The molecule has 0 atom stereocenters. The molecule has 3 rings (SSSR count). The van der Waals surface area contributed by atoms with Gasteiger partial charge in [-0.05, 0) is 33.8 Å². The summed E-state index contributed by atoms with van der Waals surface area (Å²) >= 11 is 1.44. The number of thiophene rings is 1. The minimum atomic E-state index is -0.410. The molecule has 1 aromatic carbocycles. The van der Waals surface area contributed by atoms with Crippen LogP contribution in [-0.4, -0.2) is 24.1 Å². The summed E-state index contributed by atoms with van der Waals surface area (Å²) in [5.74, 6) is 0.0355. The summed E-state index contributed by atoms with van der Waals surface area (Å²) in [4.78, 5) is 13.2. The molecule has 1 saturated heterocycles. The molecular weight excluding hydrogens is 295 g/mol. The molecule has 1 aliphatic heterocycles. The predicted octanol–water partition coefficient (Wildman–Crippen LogP) is 3.28. The van der Waals surface area contributed by atoms with E-state index in [0.717, 1.165) is 4.78 Å². The first-order valence-corrected chi connectivity index (χ1v) is 8.17. The maximum atomic E-state index is 12.5. The Kier molecular flexibility index (Phi) is 3.75. The van der Waals surface area contributed by atoms with E-state index in [1.54, 1.807) is 0 Å². The average molecular weight is 314 g/mol. The van der Waals surface area contributed by atoms with Gasteiger partial charge in [0.05, 0.1) is 16.1 Å². The predicted molar refractivity (Wildman–Crippen MR) is 89.9 cm³/mol. The summed E-state index contributed by atoms with van der Waals surface area (Å²) in [6.07, 6.45) is 0. The lowest BCUT2D eigenvalue weighted by Gasteiger charge is -2.32. The van der Waals surface area contributed by atoms with E-state index < -0.39 is 7.12 Å². The van der Waals surface area contributed by atoms with E-state index >= 15 is 0 Å². The Labute approximate surface area is 135 Å². The van der Waals surface area contributed by atoms with Crippen molar-refractivity contribution in [2.45, 2.75) is 38.9 Å². The van der Waals surface area contributed by atoms with E-state index in [4.69, 9.17) is 9.31 Å². The smallest absolute Gasteiger partial charge is 0.399 e. The van der Waals surface area contributed by atoms with Gasteiger partial charge >= 0.3 is 7.12 Å². The monoisotopic (exact) mass is 314 g/mol. The summed E-state index contributed by atoms with van der Waals surface area (Å²) in [5, 5.41) is 0. The van der Waals surface area contributed by atoms with E-state index in [9.17, 15) is 4.79 Å². The average Bonchev–Trinajstić information content (AvgIpc) is 3.03. The van der Waals surface area contributed by atoms with Crippen molar-refractivity contribution in [3.8, 4) is 0 Å². The van der Waals surface area contributed by atoms with E-state index in [2.05, 4.69) is 0 Å². The van der Waals surface area contributed by atoms with Gasteiger partial charge in [-0.15, -0.1) is 11.3 Å². The second kappa shape index (κ2) is 5.34. The van der Waals surface area contributed by atoms with Crippen molar-refractivity contribution in [1.29, 1.82) is 0 Å². The van der Waals surface area contributed by atoms with Gasteiger partial charge in [-0.3, -0.25) is 4.79 Å². The van der Waals surface area contributed by atoms with Crippen molar-refractivity contribution >= 4 is 29.0 Å². The summed E-state index contributed by atoms with van der Waals surface area (Å²) in [5.41, 5.74) is -0.0407. The van der Waals surface area contributed by atoms with Crippen LogP contribution in [0.3, 0.4) is 0 Å². The molecular formula is C17H19BO3S. The largest absolute Gasteiger partial charge is 0.505 e. The second-order valence-corrected chi connectivity index (χ2v) is 7.60. The van der Waals surface area contributed by atoms with Crippen molar-refractivity contribution in [3.63, 3.8) is 0 Å². The third-order valence-electron chi connectivity index (χ3n) is 4.37. The van der Waals surface area contributed by atoms with Crippen LogP contribution >= 0.6 is 11.3 Å². The number of benzene rings is 1. The Hall–Kier alpha value is -1.43. The van der Waals surface area contributed by atoms with Crippen molar-refractivity contribution in [2.75, 3.05) is 0 Å². The van der Waals surface area contributed by atoms with Gasteiger partial charge in [-0.2, -0.15) is 0 Å². The summed E-state index contributed by atoms with van der Waals surface area (Å²) in [6, 6.07) is 13.1. The molecule has 2 aromatic rings. The fourth-order valence-electron chi connectivity index (χ4n) is 2.29. The quantitative estimate of drug-likeness (QED) is 0.644. The molecule has 2 heterocycles. The van der Waals surface area contributed by atoms with Gasteiger partial charge in [0.1, 0.15) is 0 Å². The van der Waals surface area contributed by atoms with Crippen molar-refractivity contribution in [2.24, 2.45) is 0 Å². The van der Waals surface area contributed by atoms with Gasteiger partial charge in [-0.1, -0.05) is 36.4 Å². The molecule has 0 saturated carbocycles. The Morgan fingerprint density at radius 2 is 1.55 bits per heavy atom. The van der Waals surface area contributed by atoms with Gasteiger partial charge < -0.3 is 9.31 Å². The molecule has 5 heteroatoms. The number of carbonyl (C=O) groups is 1. The van der Waals surface area contributed by atoms with Crippen LogP contribution in [0.25, 0.3) is 0 Å². The van der Waals surface area contributed by atoms with Crippen LogP contribution in [0.5, 0.6) is 0 Å². The Morgan fingerprint density at radius 3 is 2.14 bits per heavy atom. The molecule has 0 bridgehead atoms. The minimum Gasteiger partial charge on any atom is -0.399 e. The highest BCUT2D eigenvalue weighted by atomic mass is 32.1. The Balaban J connectivity index is 1.82.